The van der Waals surface area contributed by atoms with Gasteiger partial charge in [-0.15, -0.1) is 11.3 Å². The Morgan fingerprint density at radius 2 is 2.06 bits per heavy atom. The number of hydrogen-bond donors (Lipinski definition) is 2. The molecule has 36 heavy (non-hydrogen) atoms. The van der Waals surface area contributed by atoms with Gasteiger partial charge in [-0.3, -0.25) is 14.9 Å². The van der Waals surface area contributed by atoms with Crippen LogP contribution in [0.2, 0.25) is 0 Å². The topological polar surface area (TPSA) is 101 Å². The fraction of sp³-hybridized carbons (Fsp3) is 0.333. The Morgan fingerprint density at radius 1 is 1.22 bits per heavy atom. The maximum absolute atomic E-state index is 12.7. The number of para-hydroxylation sites is 1. The average molecular weight is 503 g/mol. The number of nitrogens with zero attached hydrogens (tertiary/aromatic N) is 4. The van der Waals surface area contributed by atoms with E-state index in [1.165, 1.54) is 4.88 Å². The summed E-state index contributed by atoms with van der Waals surface area (Å²) in [6.45, 7) is 2.67. The van der Waals surface area contributed by atoms with Crippen molar-refractivity contribution in [1.29, 1.82) is 5.26 Å². The highest BCUT2D eigenvalue weighted by Crippen LogP contribution is 2.31. The molecule has 1 atom stereocenters. The molecule has 0 radical (unpaired) electrons. The minimum absolute atomic E-state index is 0.0722. The molecule has 1 saturated heterocycles. The number of nitrogens with one attached hydrogen (secondary N) is 2. The molecule has 2 aliphatic heterocycles. The normalized spacial score (nSPS) is 16.8. The van der Waals surface area contributed by atoms with Gasteiger partial charge in [-0.25, -0.2) is 4.98 Å². The van der Waals surface area contributed by atoms with Gasteiger partial charge in [0.05, 0.1) is 23.0 Å². The molecular formula is C27H30N6O2S. The summed E-state index contributed by atoms with van der Waals surface area (Å²) in [6, 6.07) is 17.1. The maximum Gasteiger partial charge on any atom is 0.257 e. The second-order valence-corrected chi connectivity index (χ2v) is 9.95. The van der Waals surface area contributed by atoms with Crippen LogP contribution >= 0.6 is 11.3 Å². The van der Waals surface area contributed by atoms with E-state index in [0.717, 1.165) is 62.3 Å². The van der Waals surface area contributed by atoms with Crippen LogP contribution in [0.1, 0.15) is 50.9 Å². The van der Waals surface area contributed by atoms with Crippen molar-refractivity contribution < 1.29 is 9.59 Å². The van der Waals surface area contributed by atoms with Crippen LogP contribution in [0.5, 0.6) is 0 Å². The molecule has 5 rings (SSSR count). The average Bonchev–Trinajstić information content (AvgIpc) is 3.55. The molecule has 3 aromatic rings. The second-order valence-electron chi connectivity index (χ2n) is 8.86. The van der Waals surface area contributed by atoms with E-state index in [0.29, 0.717) is 16.3 Å². The number of thiazole rings is 1. The van der Waals surface area contributed by atoms with E-state index in [9.17, 15) is 9.59 Å². The standard InChI is InChI=1S/C19H22N4O2S.C8H8N2/c1-22-9-7-15-17(11-22)26-19(20-15)21-18(25)14-5-2-4-13(10-14)16-6-3-8-23(16)12-24;1-10-8-5-3-2-4-7(8)6-9/h2,4-5,10,12,16H,3,6-9,11H2,1H3,(H,20,21,25);2-5,10H,1H3. The molecule has 9 heteroatoms. The highest BCUT2D eigenvalue weighted by atomic mass is 32.1. The zero-order valence-electron chi connectivity index (χ0n) is 20.5. The number of carbonyl (C=O) groups excluding carboxylic acids is 2. The molecule has 2 N–H and O–H groups in total. The van der Waals surface area contributed by atoms with Gasteiger partial charge in [0.25, 0.3) is 5.91 Å². The zero-order valence-corrected chi connectivity index (χ0v) is 21.3. The van der Waals surface area contributed by atoms with Crippen LogP contribution in [-0.2, 0) is 17.8 Å². The van der Waals surface area contributed by atoms with Crippen molar-refractivity contribution in [3.63, 3.8) is 0 Å². The van der Waals surface area contributed by atoms with E-state index >= 15 is 0 Å². The number of likely N-dealkylation sites (tertiary alicyclic amines) is 1. The first-order valence-corrected chi connectivity index (χ1v) is 12.8. The lowest BCUT2D eigenvalue weighted by atomic mass is 10.0. The highest BCUT2D eigenvalue weighted by molar-refractivity contribution is 7.15. The summed E-state index contributed by atoms with van der Waals surface area (Å²) in [6.07, 6.45) is 3.77. The first-order valence-electron chi connectivity index (χ1n) is 12.0. The first-order chi connectivity index (χ1) is 17.5. The summed E-state index contributed by atoms with van der Waals surface area (Å²) in [5, 5.41) is 15.1. The summed E-state index contributed by atoms with van der Waals surface area (Å²) in [5.41, 5.74) is 4.28. The summed E-state index contributed by atoms with van der Waals surface area (Å²) in [5.74, 6) is -0.151. The number of amides is 2. The van der Waals surface area contributed by atoms with Crippen molar-refractivity contribution in [2.45, 2.75) is 31.8 Å². The lowest BCUT2D eigenvalue weighted by molar-refractivity contribution is -0.118. The van der Waals surface area contributed by atoms with Gasteiger partial charge in [0.1, 0.15) is 6.07 Å². The molecule has 2 amide bonds. The Morgan fingerprint density at radius 3 is 2.81 bits per heavy atom. The van der Waals surface area contributed by atoms with Crippen LogP contribution in [-0.4, -0.2) is 54.3 Å². The Labute approximate surface area is 215 Å². The minimum atomic E-state index is -0.151. The number of rotatable bonds is 5. The van der Waals surface area contributed by atoms with Gasteiger partial charge in [-0.1, -0.05) is 24.3 Å². The van der Waals surface area contributed by atoms with Crippen molar-refractivity contribution in [3.8, 4) is 6.07 Å². The van der Waals surface area contributed by atoms with E-state index < -0.39 is 0 Å². The molecule has 2 aromatic carbocycles. The molecule has 0 aliphatic carbocycles. The largest absolute Gasteiger partial charge is 0.387 e. The molecule has 0 saturated carbocycles. The van der Waals surface area contributed by atoms with Crippen molar-refractivity contribution in [3.05, 3.63) is 75.8 Å². The lowest BCUT2D eigenvalue weighted by Gasteiger charge is -2.20. The predicted molar refractivity (Wildman–Crippen MR) is 142 cm³/mol. The summed E-state index contributed by atoms with van der Waals surface area (Å²) >= 11 is 1.56. The van der Waals surface area contributed by atoms with E-state index in [1.807, 2.05) is 41.3 Å². The predicted octanol–water partition coefficient (Wildman–Crippen LogP) is 4.28. The molecule has 186 valence electrons. The summed E-state index contributed by atoms with van der Waals surface area (Å²) in [7, 11) is 3.90. The Bertz CT molecular complexity index is 1270. The fourth-order valence-electron chi connectivity index (χ4n) is 4.50. The molecule has 1 aromatic heterocycles. The van der Waals surface area contributed by atoms with Crippen molar-refractivity contribution in [2.75, 3.05) is 37.8 Å². The lowest BCUT2D eigenvalue weighted by Crippen LogP contribution is -2.25. The summed E-state index contributed by atoms with van der Waals surface area (Å²) < 4.78 is 0. The minimum Gasteiger partial charge on any atom is -0.387 e. The van der Waals surface area contributed by atoms with Crippen LogP contribution in [0, 0.1) is 11.3 Å². The molecule has 0 bridgehead atoms. The van der Waals surface area contributed by atoms with Gasteiger partial charge < -0.3 is 15.1 Å². The van der Waals surface area contributed by atoms with Gasteiger partial charge in [-0.05, 0) is 49.7 Å². The third kappa shape index (κ3) is 5.90. The maximum atomic E-state index is 12.7. The SMILES string of the molecule is CN1CCc2nc(NC(=O)c3cccc(C4CCCN4C=O)c3)sc2C1.CNc1ccccc1C#N. The summed E-state index contributed by atoms with van der Waals surface area (Å²) in [4.78, 5) is 33.8. The van der Waals surface area contributed by atoms with Gasteiger partial charge in [0.15, 0.2) is 5.13 Å². The van der Waals surface area contributed by atoms with Gasteiger partial charge >= 0.3 is 0 Å². The molecular weight excluding hydrogens is 472 g/mol. The monoisotopic (exact) mass is 502 g/mol. The Balaban J connectivity index is 0.000000256. The Hall–Kier alpha value is -3.74. The number of nitriles is 1. The fourth-order valence-corrected chi connectivity index (χ4v) is 5.59. The quantitative estimate of drug-likeness (QED) is 0.505. The number of likely N-dealkylation sites (N-methyl/N-ethyl adjacent to an activating group) is 1. The molecule has 2 aliphatic rings. The van der Waals surface area contributed by atoms with Crippen LogP contribution in [0.15, 0.2) is 48.5 Å². The zero-order chi connectivity index (χ0) is 25.5. The Kier molecular flexibility index (Phi) is 8.31. The number of carbonyl (C=O) groups is 2. The molecule has 1 unspecified atom stereocenters. The number of aromatic nitrogens is 1. The van der Waals surface area contributed by atoms with Crippen LogP contribution in [0.25, 0.3) is 0 Å². The van der Waals surface area contributed by atoms with E-state index in [1.54, 1.807) is 30.5 Å². The second kappa shape index (κ2) is 11.8. The highest BCUT2D eigenvalue weighted by Gasteiger charge is 2.25. The van der Waals surface area contributed by atoms with Crippen LogP contribution in [0.4, 0.5) is 10.8 Å². The van der Waals surface area contributed by atoms with E-state index in [4.69, 9.17) is 5.26 Å². The number of benzene rings is 2. The van der Waals surface area contributed by atoms with Gasteiger partial charge in [0, 0.05) is 43.5 Å². The van der Waals surface area contributed by atoms with Gasteiger partial charge in [0.2, 0.25) is 6.41 Å². The van der Waals surface area contributed by atoms with Crippen molar-refractivity contribution in [2.24, 2.45) is 0 Å². The smallest absolute Gasteiger partial charge is 0.257 e. The first kappa shape index (κ1) is 25.4. The van der Waals surface area contributed by atoms with Crippen molar-refractivity contribution >= 4 is 34.5 Å². The number of fused-ring (bicyclic) bond motifs is 1. The molecule has 0 spiro atoms. The third-order valence-corrected chi connectivity index (χ3v) is 7.42. The van der Waals surface area contributed by atoms with Crippen molar-refractivity contribution in [1.82, 2.24) is 14.8 Å². The van der Waals surface area contributed by atoms with E-state index in [2.05, 4.69) is 33.6 Å². The number of anilines is 2. The van der Waals surface area contributed by atoms with E-state index in [-0.39, 0.29) is 11.9 Å². The third-order valence-electron chi connectivity index (χ3n) is 6.42. The molecule has 3 heterocycles. The molecule has 8 nitrogen and oxygen atoms in total. The number of hydrogen-bond acceptors (Lipinski definition) is 7. The van der Waals surface area contributed by atoms with Crippen LogP contribution in [0.3, 0.4) is 0 Å². The molecule has 1 fully saturated rings. The van der Waals surface area contributed by atoms with Crippen LogP contribution < -0.4 is 10.6 Å². The van der Waals surface area contributed by atoms with Gasteiger partial charge in [-0.2, -0.15) is 5.26 Å².